The van der Waals surface area contributed by atoms with Gasteiger partial charge in [0.25, 0.3) is 11.8 Å². The standard InChI is InChI=1S/C25H18Cl2F2N2O4S2/c1-37(33,34)21-6-7-25(28,29)18-12-19-13(8-17(18)21)9-20(36-19)24(32)30-15-10-22(27)31-23(11-15)35-16-4-2-14(26)3-5-16/h2-5,8-12,21H,6-7H2,1H3,(H,30,31,32). The van der Waals surface area contributed by atoms with Crippen LogP contribution >= 0.6 is 34.5 Å². The van der Waals surface area contributed by atoms with E-state index in [0.29, 0.717) is 26.5 Å². The lowest BCUT2D eigenvalue weighted by atomic mass is 9.87. The summed E-state index contributed by atoms with van der Waals surface area (Å²) in [6.07, 6.45) is 0.336. The number of sulfone groups is 1. The van der Waals surface area contributed by atoms with Gasteiger partial charge < -0.3 is 10.1 Å². The van der Waals surface area contributed by atoms with Crippen LogP contribution in [0, 0.1) is 0 Å². The molecule has 0 fully saturated rings. The number of anilines is 1. The highest BCUT2D eigenvalue weighted by Crippen LogP contribution is 2.48. The number of pyridine rings is 1. The molecule has 1 N–H and O–H groups in total. The summed E-state index contributed by atoms with van der Waals surface area (Å²) in [5.41, 5.74) is 0.0932. The number of aromatic nitrogens is 1. The van der Waals surface area contributed by atoms with Gasteiger partial charge in [0.05, 0.1) is 10.1 Å². The van der Waals surface area contributed by atoms with Crippen molar-refractivity contribution in [2.45, 2.75) is 24.0 Å². The van der Waals surface area contributed by atoms with Crippen LogP contribution < -0.4 is 10.1 Å². The number of nitrogens with one attached hydrogen (secondary N) is 1. The zero-order valence-corrected chi connectivity index (χ0v) is 22.2. The van der Waals surface area contributed by atoms with Crippen molar-refractivity contribution in [1.82, 2.24) is 4.98 Å². The Bertz CT molecular complexity index is 1640. The molecule has 37 heavy (non-hydrogen) atoms. The number of benzene rings is 2. The first-order valence-corrected chi connectivity index (χ1v) is 14.5. The average molecular weight is 583 g/mol. The number of thiophene rings is 1. The molecule has 1 atom stereocenters. The van der Waals surface area contributed by atoms with Gasteiger partial charge >= 0.3 is 0 Å². The maximum Gasteiger partial charge on any atom is 0.273 e. The van der Waals surface area contributed by atoms with E-state index in [4.69, 9.17) is 27.9 Å². The van der Waals surface area contributed by atoms with Crippen LogP contribution in [0.5, 0.6) is 11.6 Å². The highest BCUT2D eigenvalue weighted by atomic mass is 35.5. The van der Waals surface area contributed by atoms with E-state index in [9.17, 15) is 22.0 Å². The normalized spacial score (nSPS) is 16.8. The van der Waals surface area contributed by atoms with Crippen molar-refractivity contribution in [3.05, 3.63) is 80.8 Å². The number of alkyl halides is 2. The third-order valence-electron chi connectivity index (χ3n) is 5.96. The van der Waals surface area contributed by atoms with Crippen LogP contribution in [-0.2, 0) is 15.8 Å². The highest BCUT2D eigenvalue weighted by molar-refractivity contribution is 7.90. The molecular weight excluding hydrogens is 565 g/mol. The van der Waals surface area contributed by atoms with E-state index in [1.54, 1.807) is 30.3 Å². The Kier molecular flexibility index (Phi) is 6.64. The summed E-state index contributed by atoms with van der Waals surface area (Å²) in [6.45, 7) is 0. The Labute approximate surface area is 225 Å². The van der Waals surface area contributed by atoms with Gasteiger partial charge in [-0.25, -0.2) is 22.2 Å². The summed E-state index contributed by atoms with van der Waals surface area (Å²) in [6, 6.07) is 13.8. The number of carbonyl (C=O) groups excluding carboxylic acids is 1. The smallest absolute Gasteiger partial charge is 0.273 e. The van der Waals surface area contributed by atoms with Gasteiger partial charge in [-0.05, 0) is 65.9 Å². The minimum atomic E-state index is -3.59. The fourth-order valence-corrected chi connectivity index (χ4v) is 6.77. The summed E-state index contributed by atoms with van der Waals surface area (Å²) in [5.74, 6) is -3.03. The third-order valence-corrected chi connectivity index (χ3v) is 9.02. The molecule has 1 aliphatic rings. The van der Waals surface area contributed by atoms with Gasteiger partial charge in [-0.3, -0.25) is 4.79 Å². The molecule has 2 heterocycles. The van der Waals surface area contributed by atoms with E-state index in [0.717, 1.165) is 17.6 Å². The number of hydrogen-bond acceptors (Lipinski definition) is 6. The lowest BCUT2D eigenvalue weighted by molar-refractivity contribution is -0.0221. The van der Waals surface area contributed by atoms with E-state index in [2.05, 4.69) is 10.3 Å². The number of ether oxygens (including phenoxy) is 1. The lowest BCUT2D eigenvalue weighted by Crippen LogP contribution is -2.27. The molecule has 1 aliphatic carbocycles. The zero-order valence-electron chi connectivity index (χ0n) is 19.1. The zero-order chi connectivity index (χ0) is 26.5. The summed E-state index contributed by atoms with van der Waals surface area (Å²) in [4.78, 5) is 17.4. The van der Waals surface area contributed by atoms with Crippen LogP contribution in [0.15, 0.2) is 54.6 Å². The molecule has 192 valence electrons. The summed E-state index contributed by atoms with van der Waals surface area (Å²) in [7, 11) is -3.59. The lowest BCUT2D eigenvalue weighted by Gasteiger charge is -2.30. The second kappa shape index (κ2) is 9.50. The van der Waals surface area contributed by atoms with E-state index in [1.165, 1.54) is 24.3 Å². The average Bonchev–Trinajstić information content (AvgIpc) is 3.22. The molecule has 1 unspecified atom stereocenters. The molecule has 6 nitrogen and oxygen atoms in total. The first-order chi connectivity index (χ1) is 17.4. The van der Waals surface area contributed by atoms with Crippen molar-refractivity contribution in [2.75, 3.05) is 11.6 Å². The number of carbonyl (C=O) groups is 1. The molecule has 0 aliphatic heterocycles. The number of amides is 1. The van der Waals surface area contributed by atoms with Gasteiger partial charge in [0, 0.05) is 39.7 Å². The minimum Gasteiger partial charge on any atom is -0.439 e. The van der Waals surface area contributed by atoms with Crippen LogP contribution in [0.3, 0.4) is 0 Å². The molecule has 2 aromatic carbocycles. The van der Waals surface area contributed by atoms with Crippen molar-refractivity contribution in [3.63, 3.8) is 0 Å². The fraction of sp³-hybridized carbons (Fsp3) is 0.200. The number of nitrogens with zero attached hydrogens (tertiary/aromatic N) is 1. The van der Waals surface area contributed by atoms with E-state index in [-0.39, 0.29) is 33.5 Å². The molecule has 2 aromatic heterocycles. The van der Waals surface area contributed by atoms with Crippen LogP contribution in [-0.4, -0.2) is 25.6 Å². The Morgan fingerprint density at radius 1 is 1.14 bits per heavy atom. The van der Waals surface area contributed by atoms with E-state index in [1.807, 2.05) is 0 Å². The number of rotatable bonds is 5. The molecule has 0 bridgehead atoms. The van der Waals surface area contributed by atoms with Crippen LogP contribution in [0.25, 0.3) is 10.1 Å². The van der Waals surface area contributed by atoms with Crippen molar-refractivity contribution in [3.8, 4) is 11.6 Å². The molecule has 0 saturated heterocycles. The van der Waals surface area contributed by atoms with Crippen LogP contribution in [0.1, 0.15) is 38.9 Å². The van der Waals surface area contributed by atoms with Gasteiger partial charge in [-0.2, -0.15) is 0 Å². The number of hydrogen-bond donors (Lipinski definition) is 1. The first-order valence-electron chi connectivity index (χ1n) is 11.0. The van der Waals surface area contributed by atoms with Crippen molar-refractivity contribution >= 4 is 66.1 Å². The van der Waals surface area contributed by atoms with Crippen molar-refractivity contribution < 1.29 is 26.7 Å². The highest BCUT2D eigenvalue weighted by Gasteiger charge is 2.43. The fourth-order valence-electron chi connectivity index (χ4n) is 4.26. The molecule has 0 spiro atoms. The molecule has 5 rings (SSSR count). The molecular formula is C25H18Cl2F2N2O4S2. The maximum atomic E-state index is 14.7. The quantitative estimate of drug-likeness (QED) is 0.245. The van der Waals surface area contributed by atoms with Gasteiger partial charge in [-0.1, -0.05) is 23.2 Å². The van der Waals surface area contributed by atoms with Gasteiger partial charge in [0.1, 0.15) is 10.9 Å². The second-order valence-corrected chi connectivity index (χ2v) is 12.8. The third kappa shape index (κ3) is 5.43. The Morgan fingerprint density at radius 3 is 2.57 bits per heavy atom. The summed E-state index contributed by atoms with van der Waals surface area (Å²) < 4.78 is 60.0. The molecule has 1 amide bonds. The minimum absolute atomic E-state index is 0.0832. The largest absolute Gasteiger partial charge is 0.439 e. The molecule has 0 saturated carbocycles. The predicted octanol–water partition coefficient (Wildman–Crippen LogP) is 7.62. The van der Waals surface area contributed by atoms with Crippen LogP contribution in [0.2, 0.25) is 10.2 Å². The Balaban J connectivity index is 1.44. The van der Waals surface area contributed by atoms with Crippen molar-refractivity contribution in [2.24, 2.45) is 0 Å². The topological polar surface area (TPSA) is 85.4 Å². The first kappa shape index (κ1) is 25.8. The van der Waals surface area contributed by atoms with Gasteiger partial charge in [0.15, 0.2) is 9.84 Å². The maximum absolute atomic E-state index is 14.7. The van der Waals surface area contributed by atoms with Crippen molar-refractivity contribution in [1.29, 1.82) is 0 Å². The van der Waals surface area contributed by atoms with Crippen LogP contribution in [0.4, 0.5) is 14.5 Å². The Hall–Kier alpha value is -2.79. The molecule has 0 radical (unpaired) electrons. The van der Waals surface area contributed by atoms with Gasteiger partial charge in [-0.15, -0.1) is 11.3 Å². The van der Waals surface area contributed by atoms with E-state index >= 15 is 0 Å². The summed E-state index contributed by atoms with van der Waals surface area (Å²) in [5, 5.41) is 2.84. The summed E-state index contributed by atoms with van der Waals surface area (Å²) >= 11 is 13.0. The monoisotopic (exact) mass is 582 g/mol. The predicted molar refractivity (Wildman–Crippen MR) is 141 cm³/mol. The van der Waals surface area contributed by atoms with E-state index < -0.39 is 33.3 Å². The molecule has 4 aromatic rings. The Morgan fingerprint density at radius 2 is 1.86 bits per heavy atom. The SMILES string of the molecule is CS(=O)(=O)C1CCC(F)(F)c2cc3sc(C(=O)Nc4cc(Cl)nc(Oc5ccc(Cl)cc5)c4)cc3cc21. The molecule has 12 heteroatoms. The van der Waals surface area contributed by atoms with Gasteiger partial charge in [0.2, 0.25) is 5.88 Å². The second-order valence-electron chi connectivity index (χ2n) is 8.68. The number of fused-ring (bicyclic) bond motifs is 2. The number of halogens is 4.